The van der Waals surface area contributed by atoms with Crippen molar-refractivity contribution < 1.29 is 27.5 Å². The topological polar surface area (TPSA) is 65.5 Å². The quantitative estimate of drug-likeness (QED) is 0.274. The lowest BCUT2D eigenvalue weighted by Crippen LogP contribution is -2.05. The molecule has 2 N–H and O–H groups in total. The molecule has 170 valence electrons. The largest absolute Gasteiger partial charge is 0.481 e. The van der Waals surface area contributed by atoms with Gasteiger partial charge in [-0.15, -0.1) is 0 Å². The van der Waals surface area contributed by atoms with E-state index in [-0.39, 0.29) is 12.1 Å². The first-order valence-corrected chi connectivity index (χ1v) is 10.3. The van der Waals surface area contributed by atoms with Crippen molar-refractivity contribution in [3.05, 3.63) is 92.8 Å². The van der Waals surface area contributed by atoms with Crippen LogP contribution in [-0.4, -0.2) is 22.3 Å². The highest BCUT2D eigenvalue weighted by molar-refractivity contribution is 6.08. The van der Waals surface area contributed by atoms with Crippen LogP contribution < -0.4 is 0 Å². The second-order valence-corrected chi connectivity index (χ2v) is 7.94. The Morgan fingerprint density at radius 3 is 2.27 bits per heavy atom. The SMILES string of the molecule is Cc1c[nH]c(C(=C2N=Cc3c(F)c(F)c(F)c(F)c32)c2ccc(CCCC(=O)O)cc2)c1C. The molecule has 0 saturated heterocycles. The number of aromatic nitrogens is 1. The highest BCUT2D eigenvalue weighted by Crippen LogP contribution is 2.41. The number of carboxylic acid groups (broad SMARTS) is 1. The number of carboxylic acids is 1. The van der Waals surface area contributed by atoms with E-state index in [0.29, 0.717) is 29.7 Å². The maximum Gasteiger partial charge on any atom is 0.303 e. The lowest BCUT2D eigenvalue weighted by Gasteiger charge is -2.14. The van der Waals surface area contributed by atoms with Gasteiger partial charge in [0.15, 0.2) is 23.3 Å². The predicted molar refractivity (Wildman–Crippen MR) is 117 cm³/mol. The van der Waals surface area contributed by atoms with E-state index in [1.54, 1.807) is 18.3 Å². The number of nitrogens with one attached hydrogen (secondary N) is 1. The van der Waals surface area contributed by atoms with Crippen molar-refractivity contribution >= 4 is 23.5 Å². The summed E-state index contributed by atoms with van der Waals surface area (Å²) in [6, 6.07) is 7.14. The maximum absolute atomic E-state index is 14.8. The molecular weight excluding hydrogens is 436 g/mol. The summed E-state index contributed by atoms with van der Waals surface area (Å²) in [6.45, 7) is 3.73. The van der Waals surface area contributed by atoms with Crippen molar-refractivity contribution in [3.8, 4) is 0 Å². The molecule has 0 amide bonds. The normalized spacial score (nSPS) is 14.0. The van der Waals surface area contributed by atoms with Crippen molar-refractivity contribution in [3.63, 3.8) is 0 Å². The van der Waals surface area contributed by atoms with Gasteiger partial charge in [-0.2, -0.15) is 0 Å². The number of aliphatic carboxylic acids is 1. The molecule has 2 heterocycles. The number of rotatable bonds is 6. The molecule has 1 aliphatic heterocycles. The average Bonchev–Trinajstić information content (AvgIpc) is 3.37. The highest BCUT2D eigenvalue weighted by Gasteiger charge is 2.32. The Morgan fingerprint density at radius 2 is 1.67 bits per heavy atom. The van der Waals surface area contributed by atoms with Gasteiger partial charge < -0.3 is 10.1 Å². The number of carbonyl (C=O) groups is 1. The number of aryl methyl sites for hydroxylation is 2. The van der Waals surface area contributed by atoms with Gasteiger partial charge in [0.05, 0.1) is 17.0 Å². The number of nitrogens with zero attached hydrogens (tertiary/aromatic N) is 1. The summed E-state index contributed by atoms with van der Waals surface area (Å²) in [6.07, 6.45) is 3.84. The Morgan fingerprint density at radius 1 is 1.00 bits per heavy atom. The van der Waals surface area contributed by atoms with E-state index in [1.165, 1.54) is 0 Å². The molecule has 0 bridgehead atoms. The van der Waals surface area contributed by atoms with Gasteiger partial charge in [-0.1, -0.05) is 24.3 Å². The third kappa shape index (κ3) is 3.97. The molecule has 0 fully saturated rings. The van der Waals surface area contributed by atoms with Crippen LogP contribution in [0.1, 0.15) is 51.9 Å². The molecule has 0 radical (unpaired) electrons. The Labute approximate surface area is 187 Å². The molecule has 0 saturated carbocycles. The molecule has 8 heteroatoms. The van der Waals surface area contributed by atoms with Gasteiger partial charge in [0.1, 0.15) is 0 Å². The molecule has 2 aromatic carbocycles. The third-order valence-corrected chi connectivity index (χ3v) is 5.85. The number of aliphatic imine (C=N–C) groups is 1. The zero-order chi connectivity index (χ0) is 23.9. The Bertz CT molecular complexity index is 1320. The van der Waals surface area contributed by atoms with Crippen LogP contribution in [-0.2, 0) is 11.2 Å². The van der Waals surface area contributed by atoms with Crippen LogP contribution >= 0.6 is 0 Å². The van der Waals surface area contributed by atoms with Crippen LogP contribution in [0.3, 0.4) is 0 Å². The molecule has 33 heavy (non-hydrogen) atoms. The fraction of sp³-hybridized carbons (Fsp3) is 0.200. The van der Waals surface area contributed by atoms with Crippen molar-refractivity contribution in [2.24, 2.45) is 4.99 Å². The van der Waals surface area contributed by atoms with E-state index < -0.39 is 40.4 Å². The molecule has 0 unspecified atom stereocenters. The summed E-state index contributed by atoms with van der Waals surface area (Å²) < 4.78 is 57.0. The predicted octanol–water partition coefficient (Wildman–Crippen LogP) is 5.94. The summed E-state index contributed by atoms with van der Waals surface area (Å²) in [5.41, 5.74) is 3.40. The number of hydrogen-bond acceptors (Lipinski definition) is 2. The Kier molecular flexibility index (Phi) is 5.93. The lowest BCUT2D eigenvalue weighted by molar-refractivity contribution is -0.137. The summed E-state index contributed by atoms with van der Waals surface area (Å²) in [5.74, 6) is -7.62. The third-order valence-electron chi connectivity index (χ3n) is 5.85. The lowest BCUT2D eigenvalue weighted by atomic mass is 9.92. The van der Waals surface area contributed by atoms with E-state index in [4.69, 9.17) is 5.11 Å². The van der Waals surface area contributed by atoms with Crippen LogP contribution in [0, 0.1) is 37.1 Å². The zero-order valence-electron chi connectivity index (χ0n) is 17.9. The van der Waals surface area contributed by atoms with Crippen molar-refractivity contribution in [1.29, 1.82) is 0 Å². The van der Waals surface area contributed by atoms with E-state index in [1.807, 2.05) is 26.0 Å². The minimum Gasteiger partial charge on any atom is -0.481 e. The van der Waals surface area contributed by atoms with E-state index in [9.17, 15) is 22.4 Å². The van der Waals surface area contributed by atoms with Crippen LogP contribution in [0.2, 0.25) is 0 Å². The van der Waals surface area contributed by atoms with Crippen molar-refractivity contribution in [2.75, 3.05) is 0 Å². The van der Waals surface area contributed by atoms with Gasteiger partial charge >= 0.3 is 5.97 Å². The summed E-state index contributed by atoms with van der Waals surface area (Å²) in [4.78, 5) is 18.0. The number of aromatic amines is 1. The van der Waals surface area contributed by atoms with Gasteiger partial charge in [-0.3, -0.25) is 9.79 Å². The van der Waals surface area contributed by atoms with Gasteiger partial charge in [0.25, 0.3) is 0 Å². The molecule has 4 rings (SSSR count). The van der Waals surface area contributed by atoms with Gasteiger partial charge in [-0.05, 0) is 48.9 Å². The zero-order valence-corrected chi connectivity index (χ0v) is 17.9. The number of fused-ring (bicyclic) bond motifs is 1. The van der Waals surface area contributed by atoms with Crippen molar-refractivity contribution in [1.82, 2.24) is 4.98 Å². The number of benzene rings is 2. The smallest absolute Gasteiger partial charge is 0.303 e. The minimum absolute atomic E-state index is 0.0103. The minimum atomic E-state index is -1.89. The maximum atomic E-state index is 14.8. The van der Waals surface area contributed by atoms with Gasteiger partial charge in [-0.25, -0.2) is 17.6 Å². The Balaban J connectivity index is 1.88. The fourth-order valence-electron chi connectivity index (χ4n) is 3.92. The fourth-order valence-corrected chi connectivity index (χ4v) is 3.92. The van der Waals surface area contributed by atoms with E-state index in [0.717, 1.165) is 22.9 Å². The second-order valence-electron chi connectivity index (χ2n) is 7.94. The summed E-state index contributed by atoms with van der Waals surface area (Å²) in [7, 11) is 0. The molecule has 0 atom stereocenters. The molecule has 3 aromatic rings. The molecule has 1 aliphatic rings. The van der Waals surface area contributed by atoms with Crippen molar-refractivity contribution in [2.45, 2.75) is 33.1 Å². The first kappa shape index (κ1) is 22.5. The standard InChI is InChI=1S/C25H20F4N2O2/c1-12-10-30-24(13(12)2)18(15-8-6-14(7-9-15)4-3-5-17(32)33)25-19-16(11-31-25)20(26)22(28)23(29)21(19)27/h6-11,30H,3-5H2,1-2H3,(H,32,33). The van der Waals surface area contributed by atoms with Crippen LogP contribution in [0.5, 0.6) is 0 Å². The first-order chi connectivity index (χ1) is 15.7. The number of H-pyrrole nitrogens is 1. The summed E-state index contributed by atoms with van der Waals surface area (Å²) in [5, 5.41) is 8.81. The monoisotopic (exact) mass is 456 g/mol. The second kappa shape index (κ2) is 8.69. The van der Waals surface area contributed by atoms with Gasteiger partial charge in [0.2, 0.25) is 0 Å². The Hall–Kier alpha value is -3.68. The van der Waals surface area contributed by atoms with E-state index in [2.05, 4.69) is 9.98 Å². The van der Waals surface area contributed by atoms with E-state index >= 15 is 0 Å². The molecule has 4 nitrogen and oxygen atoms in total. The number of hydrogen-bond donors (Lipinski definition) is 2. The van der Waals surface area contributed by atoms with Gasteiger partial charge in [0, 0.05) is 30.0 Å². The molecule has 0 aliphatic carbocycles. The van der Waals surface area contributed by atoms with Crippen LogP contribution in [0.25, 0.3) is 11.3 Å². The molecular formula is C25H20F4N2O2. The van der Waals surface area contributed by atoms with Crippen LogP contribution in [0.4, 0.5) is 17.6 Å². The molecule has 1 aromatic heterocycles. The first-order valence-electron chi connectivity index (χ1n) is 10.3. The van der Waals surface area contributed by atoms with Crippen LogP contribution in [0.15, 0.2) is 35.5 Å². The molecule has 0 spiro atoms. The average molecular weight is 456 g/mol. The number of halogens is 4. The highest BCUT2D eigenvalue weighted by atomic mass is 19.2. The summed E-state index contributed by atoms with van der Waals surface area (Å²) >= 11 is 0.